The first-order chi connectivity index (χ1) is 8.58. The molecule has 0 amide bonds. The Morgan fingerprint density at radius 3 is 2.72 bits per heavy atom. The second kappa shape index (κ2) is 5.41. The van der Waals surface area contributed by atoms with Crippen LogP contribution in [-0.2, 0) is 0 Å². The number of nitrogen functional groups attached to an aromatic ring is 1. The van der Waals surface area contributed by atoms with Crippen molar-refractivity contribution >= 4 is 33.8 Å². The van der Waals surface area contributed by atoms with E-state index in [0.29, 0.717) is 16.5 Å². The van der Waals surface area contributed by atoms with Crippen molar-refractivity contribution in [1.82, 2.24) is 0 Å². The van der Waals surface area contributed by atoms with Crippen molar-refractivity contribution in [2.24, 2.45) is 11.8 Å². The van der Waals surface area contributed by atoms with E-state index in [1.807, 2.05) is 6.26 Å². The minimum atomic E-state index is 0.653. The fraction of sp³-hybridized carbons (Fsp3) is 0.615. The van der Waals surface area contributed by atoms with Crippen LogP contribution >= 0.6 is 23.1 Å². The molecule has 1 aromatic rings. The zero-order valence-corrected chi connectivity index (χ0v) is 12.7. The molecule has 0 spiro atoms. The molecular weight excluding hydrogens is 262 g/mol. The molecule has 0 bridgehead atoms. The van der Waals surface area contributed by atoms with Crippen molar-refractivity contribution < 1.29 is 0 Å². The molecule has 1 aromatic heterocycles. The summed E-state index contributed by atoms with van der Waals surface area (Å²) in [5.74, 6) is 1.48. The Morgan fingerprint density at radius 2 is 2.17 bits per heavy atom. The van der Waals surface area contributed by atoms with Crippen LogP contribution in [0.25, 0.3) is 0 Å². The molecule has 2 unspecified atom stereocenters. The predicted octanol–water partition coefficient (Wildman–Crippen LogP) is 3.41. The van der Waals surface area contributed by atoms with E-state index >= 15 is 0 Å². The van der Waals surface area contributed by atoms with Crippen LogP contribution in [0.4, 0.5) is 10.7 Å². The quantitative estimate of drug-likeness (QED) is 0.844. The number of nitrogens with two attached hydrogens (primary N) is 1. The third-order valence-corrected chi connectivity index (χ3v) is 5.93. The van der Waals surface area contributed by atoms with E-state index in [1.165, 1.54) is 22.8 Å². The van der Waals surface area contributed by atoms with E-state index in [1.54, 1.807) is 11.8 Å². The van der Waals surface area contributed by atoms with Crippen molar-refractivity contribution in [3.05, 3.63) is 4.88 Å². The van der Waals surface area contributed by atoms with Crippen molar-refractivity contribution in [2.45, 2.75) is 25.2 Å². The Labute approximate surface area is 117 Å². The van der Waals surface area contributed by atoms with Crippen LogP contribution in [0.1, 0.15) is 25.1 Å². The molecule has 2 atom stereocenters. The summed E-state index contributed by atoms with van der Waals surface area (Å²) >= 11 is 3.19. The lowest BCUT2D eigenvalue weighted by molar-refractivity contribution is 0.324. The van der Waals surface area contributed by atoms with Crippen molar-refractivity contribution in [2.75, 3.05) is 30.0 Å². The van der Waals surface area contributed by atoms with E-state index in [4.69, 9.17) is 11.0 Å². The molecule has 18 heavy (non-hydrogen) atoms. The molecule has 3 nitrogen and oxygen atoms in total. The van der Waals surface area contributed by atoms with Crippen LogP contribution in [0.15, 0.2) is 4.90 Å². The number of thiophene rings is 1. The minimum absolute atomic E-state index is 0.653. The molecule has 1 aliphatic heterocycles. The summed E-state index contributed by atoms with van der Waals surface area (Å²) in [5, 5.41) is 10.3. The maximum absolute atomic E-state index is 9.10. The topological polar surface area (TPSA) is 53.0 Å². The second-order valence-corrected chi connectivity index (χ2v) is 6.80. The molecule has 1 aliphatic rings. The van der Waals surface area contributed by atoms with Crippen molar-refractivity contribution in [3.8, 4) is 6.07 Å². The average Bonchev–Trinajstić information content (AvgIpc) is 2.69. The number of hydrogen-bond acceptors (Lipinski definition) is 5. The smallest absolute Gasteiger partial charge is 0.131 e. The van der Waals surface area contributed by atoms with Gasteiger partial charge in [-0.25, -0.2) is 0 Å². The van der Waals surface area contributed by atoms with Gasteiger partial charge in [0.1, 0.15) is 15.9 Å². The highest BCUT2D eigenvalue weighted by molar-refractivity contribution is 7.99. The van der Waals surface area contributed by atoms with E-state index in [0.717, 1.165) is 23.9 Å². The van der Waals surface area contributed by atoms with Crippen LogP contribution < -0.4 is 10.6 Å². The molecule has 1 fully saturated rings. The lowest BCUT2D eigenvalue weighted by Gasteiger charge is -2.36. The number of piperidine rings is 1. The van der Waals surface area contributed by atoms with Gasteiger partial charge in [-0.05, 0) is 24.5 Å². The highest BCUT2D eigenvalue weighted by Gasteiger charge is 2.27. The summed E-state index contributed by atoms with van der Waals surface area (Å²) in [5.41, 5.74) is 6.70. The summed E-state index contributed by atoms with van der Waals surface area (Å²) in [6, 6.07) is 2.20. The van der Waals surface area contributed by atoms with Gasteiger partial charge >= 0.3 is 0 Å². The van der Waals surface area contributed by atoms with E-state index in [9.17, 15) is 0 Å². The maximum atomic E-state index is 9.10. The van der Waals surface area contributed by atoms with Gasteiger partial charge in [-0.3, -0.25) is 0 Å². The minimum Gasteiger partial charge on any atom is -0.396 e. The SMILES string of the molecule is CSc1c(N2CCC(C)C(C)C2)sc(C#N)c1N. The molecular formula is C13H19N3S2. The van der Waals surface area contributed by atoms with Crippen LogP contribution in [0.5, 0.6) is 0 Å². The third kappa shape index (κ3) is 2.32. The normalized spacial score (nSPS) is 24.0. The molecule has 0 radical (unpaired) electrons. The molecule has 0 saturated carbocycles. The molecule has 2 N–H and O–H groups in total. The first kappa shape index (κ1) is 13.6. The van der Waals surface area contributed by atoms with Gasteiger partial charge in [0, 0.05) is 13.1 Å². The van der Waals surface area contributed by atoms with Gasteiger partial charge in [-0.15, -0.1) is 23.1 Å². The lowest BCUT2D eigenvalue weighted by Crippen LogP contribution is -2.38. The van der Waals surface area contributed by atoms with Gasteiger partial charge in [0.05, 0.1) is 10.6 Å². The van der Waals surface area contributed by atoms with Gasteiger partial charge in [0.2, 0.25) is 0 Å². The first-order valence-corrected chi connectivity index (χ1v) is 8.23. The average molecular weight is 281 g/mol. The van der Waals surface area contributed by atoms with Gasteiger partial charge < -0.3 is 10.6 Å². The number of nitriles is 1. The summed E-state index contributed by atoms with van der Waals surface area (Å²) < 4.78 is 0. The molecule has 1 saturated heterocycles. The Hall–Kier alpha value is -0.860. The summed E-state index contributed by atoms with van der Waals surface area (Å²) in [7, 11) is 0. The van der Waals surface area contributed by atoms with Gasteiger partial charge in [-0.2, -0.15) is 5.26 Å². The van der Waals surface area contributed by atoms with Crippen molar-refractivity contribution in [1.29, 1.82) is 5.26 Å². The van der Waals surface area contributed by atoms with Gasteiger partial charge in [-0.1, -0.05) is 13.8 Å². The van der Waals surface area contributed by atoms with Gasteiger partial charge in [0.15, 0.2) is 0 Å². The number of nitrogens with zero attached hydrogens (tertiary/aromatic N) is 2. The Bertz CT molecular complexity index is 475. The lowest BCUT2D eigenvalue weighted by atomic mass is 9.89. The standard InChI is InChI=1S/C13H19N3S2/c1-8-4-5-16(7-9(8)2)13-12(17-3)11(15)10(6-14)18-13/h8-9H,4-5,7,15H2,1-3H3. The van der Waals surface area contributed by atoms with E-state index < -0.39 is 0 Å². The Morgan fingerprint density at radius 1 is 1.44 bits per heavy atom. The maximum Gasteiger partial charge on any atom is 0.131 e. The zero-order valence-electron chi connectivity index (χ0n) is 11.1. The fourth-order valence-corrected chi connectivity index (χ4v) is 4.37. The molecule has 98 valence electrons. The summed E-state index contributed by atoms with van der Waals surface area (Å²) in [6.07, 6.45) is 3.24. The Balaban J connectivity index is 2.31. The predicted molar refractivity (Wildman–Crippen MR) is 80.4 cm³/mol. The number of hydrogen-bond donors (Lipinski definition) is 1. The first-order valence-electron chi connectivity index (χ1n) is 6.19. The molecule has 0 aliphatic carbocycles. The van der Waals surface area contributed by atoms with Crippen LogP contribution in [0.2, 0.25) is 0 Å². The van der Waals surface area contributed by atoms with Crippen LogP contribution in [0.3, 0.4) is 0 Å². The molecule has 2 heterocycles. The van der Waals surface area contributed by atoms with Crippen LogP contribution in [-0.4, -0.2) is 19.3 Å². The molecule has 2 rings (SSSR count). The number of anilines is 2. The highest BCUT2D eigenvalue weighted by atomic mass is 32.2. The van der Waals surface area contributed by atoms with Crippen LogP contribution in [0, 0.1) is 23.2 Å². The van der Waals surface area contributed by atoms with Gasteiger partial charge in [0.25, 0.3) is 0 Å². The van der Waals surface area contributed by atoms with E-state index in [2.05, 4.69) is 24.8 Å². The highest BCUT2D eigenvalue weighted by Crippen LogP contribution is 2.44. The number of rotatable bonds is 2. The fourth-order valence-electron chi connectivity index (χ4n) is 2.35. The Kier molecular flexibility index (Phi) is 4.08. The largest absolute Gasteiger partial charge is 0.396 e. The summed E-state index contributed by atoms with van der Waals surface area (Å²) in [6.45, 7) is 6.77. The molecule has 5 heteroatoms. The third-order valence-electron chi connectivity index (χ3n) is 3.81. The zero-order chi connectivity index (χ0) is 13.3. The summed E-state index contributed by atoms with van der Waals surface area (Å²) in [4.78, 5) is 4.14. The second-order valence-electron chi connectivity index (χ2n) is 4.98. The molecule has 0 aromatic carbocycles. The van der Waals surface area contributed by atoms with Crippen molar-refractivity contribution in [3.63, 3.8) is 0 Å². The number of thioether (sulfide) groups is 1. The van der Waals surface area contributed by atoms with E-state index in [-0.39, 0.29) is 0 Å². The monoisotopic (exact) mass is 281 g/mol.